The summed E-state index contributed by atoms with van der Waals surface area (Å²) >= 11 is 0. The Morgan fingerprint density at radius 3 is 2.33 bits per heavy atom. The highest BCUT2D eigenvalue weighted by Crippen LogP contribution is 2.15. The minimum absolute atomic E-state index is 0.229. The van der Waals surface area contributed by atoms with Gasteiger partial charge < -0.3 is 11.1 Å². The summed E-state index contributed by atoms with van der Waals surface area (Å²) < 4.78 is 14.1. The van der Waals surface area contributed by atoms with Crippen LogP contribution in [0.3, 0.4) is 0 Å². The van der Waals surface area contributed by atoms with Gasteiger partial charge in [0.15, 0.2) is 0 Å². The lowest BCUT2D eigenvalue weighted by Crippen LogP contribution is -2.27. The minimum atomic E-state index is -0.563. The van der Waals surface area contributed by atoms with E-state index in [1.165, 1.54) is 60.9 Å². The quantitative estimate of drug-likeness (QED) is 0.718. The number of aromatic nitrogens is 2. The van der Waals surface area contributed by atoms with Gasteiger partial charge in [-0.15, -0.1) is 0 Å². The van der Waals surface area contributed by atoms with Gasteiger partial charge in [-0.25, -0.2) is 9.37 Å². The van der Waals surface area contributed by atoms with Crippen molar-refractivity contribution in [2.75, 3.05) is 5.32 Å². The maximum absolute atomic E-state index is 13.0. The maximum atomic E-state index is 13.0. The fourth-order valence-corrected chi connectivity index (χ4v) is 2.40. The fraction of sp³-hybridized carbons (Fsp3) is 0.0526. The number of amides is 2. The van der Waals surface area contributed by atoms with Crippen LogP contribution in [0.1, 0.15) is 10.4 Å². The predicted molar refractivity (Wildman–Crippen MR) is 97.5 cm³/mol. The lowest BCUT2D eigenvalue weighted by atomic mass is 10.1. The van der Waals surface area contributed by atoms with Gasteiger partial charge in [0.2, 0.25) is 11.8 Å². The lowest BCUT2D eigenvalue weighted by molar-refractivity contribution is -0.116. The molecule has 3 N–H and O–H groups in total. The second-order valence-corrected chi connectivity index (χ2v) is 5.74. The summed E-state index contributed by atoms with van der Waals surface area (Å²) in [7, 11) is 0. The third-order valence-corrected chi connectivity index (χ3v) is 3.79. The molecular weight excluding hydrogens is 351 g/mol. The molecule has 2 amide bonds. The SMILES string of the molecule is NC(=O)c1ccc(NC(=O)Cn2cnc(-c3ccc(F)cc3)cc2=O)cc1. The van der Waals surface area contributed by atoms with Crippen LogP contribution in [-0.4, -0.2) is 21.4 Å². The molecule has 0 aliphatic carbocycles. The first-order chi connectivity index (χ1) is 12.9. The first-order valence-corrected chi connectivity index (χ1v) is 7.94. The van der Waals surface area contributed by atoms with Crippen molar-refractivity contribution in [1.82, 2.24) is 9.55 Å². The van der Waals surface area contributed by atoms with Crippen LogP contribution in [0.4, 0.5) is 10.1 Å². The van der Waals surface area contributed by atoms with Gasteiger partial charge in [-0.2, -0.15) is 0 Å². The van der Waals surface area contributed by atoms with Crippen LogP contribution in [-0.2, 0) is 11.3 Å². The molecule has 0 aliphatic rings. The van der Waals surface area contributed by atoms with E-state index in [-0.39, 0.29) is 12.4 Å². The van der Waals surface area contributed by atoms with Gasteiger partial charge in [-0.3, -0.25) is 19.0 Å². The molecule has 8 heteroatoms. The standard InChI is InChI=1S/C19H15FN4O3/c20-14-5-1-12(2-6-14)16-9-18(26)24(11-22-16)10-17(25)23-15-7-3-13(4-8-15)19(21)27/h1-9,11H,10H2,(H2,21,27)(H,23,25). The van der Waals surface area contributed by atoms with Crippen LogP contribution in [0, 0.1) is 5.82 Å². The van der Waals surface area contributed by atoms with Gasteiger partial charge in [0.05, 0.1) is 12.0 Å². The zero-order valence-electron chi connectivity index (χ0n) is 14.1. The number of halogens is 1. The van der Waals surface area contributed by atoms with Crippen LogP contribution in [0.25, 0.3) is 11.3 Å². The van der Waals surface area contributed by atoms with Gasteiger partial charge in [0.1, 0.15) is 12.4 Å². The number of carbonyl (C=O) groups is 2. The summed E-state index contributed by atoms with van der Waals surface area (Å²) in [6.07, 6.45) is 1.26. The highest BCUT2D eigenvalue weighted by Gasteiger charge is 2.08. The number of rotatable bonds is 5. The Kier molecular flexibility index (Phi) is 5.07. The number of nitrogens with zero attached hydrogens (tertiary/aromatic N) is 2. The Morgan fingerprint density at radius 2 is 1.74 bits per heavy atom. The highest BCUT2D eigenvalue weighted by molar-refractivity contribution is 5.94. The van der Waals surface area contributed by atoms with Gasteiger partial charge in [-0.05, 0) is 48.5 Å². The van der Waals surface area contributed by atoms with Crippen molar-refractivity contribution in [3.8, 4) is 11.3 Å². The summed E-state index contributed by atoms with van der Waals surface area (Å²) in [5.41, 5.74) is 6.52. The van der Waals surface area contributed by atoms with Crippen molar-refractivity contribution in [2.24, 2.45) is 5.73 Å². The van der Waals surface area contributed by atoms with Crippen molar-refractivity contribution in [3.63, 3.8) is 0 Å². The summed E-state index contributed by atoms with van der Waals surface area (Å²) in [5.74, 6) is -1.38. The Balaban J connectivity index is 1.69. The second-order valence-electron chi connectivity index (χ2n) is 5.74. The van der Waals surface area contributed by atoms with Gasteiger partial charge >= 0.3 is 0 Å². The van der Waals surface area contributed by atoms with E-state index in [0.717, 1.165) is 4.57 Å². The largest absolute Gasteiger partial charge is 0.366 e. The summed E-state index contributed by atoms with van der Waals surface area (Å²) in [6, 6.07) is 12.9. The summed E-state index contributed by atoms with van der Waals surface area (Å²) in [4.78, 5) is 39.5. The highest BCUT2D eigenvalue weighted by atomic mass is 19.1. The zero-order valence-corrected chi connectivity index (χ0v) is 14.1. The molecule has 0 saturated heterocycles. The molecule has 0 saturated carbocycles. The van der Waals surface area contributed by atoms with Crippen LogP contribution in [0.15, 0.2) is 65.7 Å². The molecule has 1 aromatic heterocycles. The van der Waals surface area contributed by atoms with E-state index in [9.17, 15) is 18.8 Å². The molecule has 0 atom stereocenters. The van der Waals surface area contributed by atoms with E-state index >= 15 is 0 Å². The van der Waals surface area contributed by atoms with E-state index in [1.807, 2.05) is 0 Å². The van der Waals surface area contributed by atoms with Crippen molar-refractivity contribution in [3.05, 3.63) is 82.7 Å². The smallest absolute Gasteiger partial charge is 0.254 e. The Labute approximate surface area is 153 Å². The number of hydrogen-bond acceptors (Lipinski definition) is 4. The topological polar surface area (TPSA) is 107 Å². The minimum Gasteiger partial charge on any atom is -0.366 e. The van der Waals surface area contributed by atoms with E-state index in [2.05, 4.69) is 10.3 Å². The van der Waals surface area contributed by atoms with Crippen molar-refractivity contribution >= 4 is 17.5 Å². The summed E-state index contributed by atoms with van der Waals surface area (Å²) in [6.45, 7) is -0.229. The van der Waals surface area contributed by atoms with E-state index in [0.29, 0.717) is 22.5 Å². The average molecular weight is 366 g/mol. The lowest BCUT2D eigenvalue weighted by Gasteiger charge is -2.08. The van der Waals surface area contributed by atoms with Crippen molar-refractivity contribution in [2.45, 2.75) is 6.54 Å². The van der Waals surface area contributed by atoms with Crippen LogP contribution < -0.4 is 16.6 Å². The van der Waals surface area contributed by atoms with E-state index in [1.54, 1.807) is 0 Å². The molecule has 0 radical (unpaired) electrons. The van der Waals surface area contributed by atoms with E-state index < -0.39 is 17.4 Å². The van der Waals surface area contributed by atoms with Gasteiger partial charge in [-0.1, -0.05) is 0 Å². The molecule has 3 rings (SSSR count). The zero-order chi connectivity index (χ0) is 19.4. The molecule has 0 aliphatic heterocycles. The fourth-order valence-electron chi connectivity index (χ4n) is 2.40. The molecule has 27 heavy (non-hydrogen) atoms. The third kappa shape index (κ3) is 4.43. The van der Waals surface area contributed by atoms with Crippen LogP contribution in [0.2, 0.25) is 0 Å². The molecule has 0 unspecified atom stereocenters. The molecule has 0 fully saturated rings. The first-order valence-electron chi connectivity index (χ1n) is 7.94. The molecule has 2 aromatic carbocycles. The number of hydrogen-bond donors (Lipinski definition) is 2. The number of carbonyl (C=O) groups excluding carboxylic acids is 2. The molecule has 0 bridgehead atoms. The molecule has 1 heterocycles. The molecule has 0 spiro atoms. The van der Waals surface area contributed by atoms with Crippen LogP contribution >= 0.6 is 0 Å². The summed E-state index contributed by atoms with van der Waals surface area (Å²) in [5, 5.41) is 2.62. The molecular formula is C19H15FN4O3. The number of primary amides is 1. The van der Waals surface area contributed by atoms with E-state index in [4.69, 9.17) is 5.73 Å². The number of benzene rings is 2. The first kappa shape index (κ1) is 18.0. The van der Waals surface area contributed by atoms with Crippen LogP contribution in [0.5, 0.6) is 0 Å². The number of nitrogens with one attached hydrogen (secondary N) is 1. The molecule has 136 valence electrons. The van der Waals surface area contributed by atoms with Crippen molar-refractivity contribution in [1.29, 1.82) is 0 Å². The molecule has 3 aromatic rings. The monoisotopic (exact) mass is 366 g/mol. The molecule has 7 nitrogen and oxygen atoms in total. The Bertz CT molecular complexity index is 1040. The normalized spacial score (nSPS) is 10.4. The van der Waals surface area contributed by atoms with Gasteiger partial charge in [0, 0.05) is 22.9 Å². The maximum Gasteiger partial charge on any atom is 0.254 e. The van der Waals surface area contributed by atoms with Gasteiger partial charge in [0.25, 0.3) is 5.56 Å². The number of anilines is 1. The predicted octanol–water partition coefficient (Wildman–Crippen LogP) is 1.79. The average Bonchev–Trinajstić information content (AvgIpc) is 2.64. The van der Waals surface area contributed by atoms with Crippen molar-refractivity contribution < 1.29 is 14.0 Å². The second kappa shape index (κ2) is 7.61. The number of nitrogens with two attached hydrogens (primary N) is 1. The Hall–Kier alpha value is -3.81. The third-order valence-electron chi connectivity index (χ3n) is 3.79. The Morgan fingerprint density at radius 1 is 1.07 bits per heavy atom.